The summed E-state index contributed by atoms with van der Waals surface area (Å²) >= 11 is 0. The lowest BCUT2D eigenvalue weighted by Gasteiger charge is -2.19. The molecule has 2 rings (SSSR count). The molecule has 1 heterocycles. The molecule has 0 spiro atoms. The summed E-state index contributed by atoms with van der Waals surface area (Å²) in [6.07, 6.45) is 1.32. The maximum absolute atomic E-state index is 5.74. The number of methoxy groups -OCH3 is 1. The van der Waals surface area contributed by atoms with Crippen molar-refractivity contribution >= 4 is 0 Å². The van der Waals surface area contributed by atoms with E-state index in [1.807, 2.05) is 0 Å². The van der Waals surface area contributed by atoms with Gasteiger partial charge in [-0.3, -0.25) is 4.90 Å². The standard InChI is InChI=1S/C14H21NO2/c1-16-12-14-7-8-15(9-10-17-14)11-13-5-3-2-4-6-13/h2-6,14H,7-12H2,1H3/t14-/m0/s1. The smallest absolute Gasteiger partial charge is 0.0821 e. The van der Waals surface area contributed by atoms with Crippen LogP contribution in [0.25, 0.3) is 0 Å². The number of benzene rings is 1. The summed E-state index contributed by atoms with van der Waals surface area (Å²) in [5, 5.41) is 0. The number of ether oxygens (including phenoxy) is 2. The van der Waals surface area contributed by atoms with Crippen molar-refractivity contribution in [3.05, 3.63) is 35.9 Å². The molecule has 1 aliphatic heterocycles. The maximum atomic E-state index is 5.74. The number of nitrogens with zero attached hydrogens (tertiary/aromatic N) is 1. The first-order valence-electron chi connectivity index (χ1n) is 6.25. The summed E-state index contributed by atoms with van der Waals surface area (Å²) in [6.45, 7) is 4.63. The third-order valence-corrected chi connectivity index (χ3v) is 3.13. The lowest BCUT2D eigenvalue weighted by molar-refractivity contribution is 0.00515. The fourth-order valence-electron chi connectivity index (χ4n) is 2.19. The normalized spacial score (nSPS) is 22.3. The highest BCUT2D eigenvalue weighted by Crippen LogP contribution is 2.11. The SMILES string of the molecule is COC[C@@H]1CCN(Cc2ccccc2)CCO1. The summed E-state index contributed by atoms with van der Waals surface area (Å²) in [5.41, 5.74) is 1.37. The van der Waals surface area contributed by atoms with E-state index in [4.69, 9.17) is 9.47 Å². The Hall–Kier alpha value is -0.900. The van der Waals surface area contributed by atoms with Crippen LogP contribution >= 0.6 is 0 Å². The predicted molar refractivity (Wildman–Crippen MR) is 68.0 cm³/mol. The average molecular weight is 235 g/mol. The van der Waals surface area contributed by atoms with Gasteiger partial charge in [-0.15, -0.1) is 0 Å². The van der Waals surface area contributed by atoms with E-state index in [2.05, 4.69) is 35.2 Å². The Morgan fingerprint density at radius 1 is 1.29 bits per heavy atom. The first kappa shape index (κ1) is 12.6. The molecule has 0 N–H and O–H groups in total. The van der Waals surface area contributed by atoms with E-state index in [9.17, 15) is 0 Å². The maximum Gasteiger partial charge on any atom is 0.0821 e. The zero-order valence-corrected chi connectivity index (χ0v) is 10.5. The summed E-state index contributed by atoms with van der Waals surface area (Å²) in [4.78, 5) is 2.45. The number of hydrogen-bond donors (Lipinski definition) is 0. The first-order chi connectivity index (χ1) is 8.38. The second-order valence-corrected chi connectivity index (χ2v) is 4.50. The highest BCUT2D eigenvalue weighted by atomic mass is 16.5. The fourth-order valence-corrected chi connectivity index (χ4v) is 2.19. The molecule has 1 atom stereocenters. The molecule has 17 heavy (non-hydrogen) atoms. The van der Waals surface area contributed by atoms with Crippen LogP contribution in [0.4, 0.5) is 0 Å². The minimum Gasteiger partial charge on any atom is -0.382 e. The molecule has 0 aromatic heterocycles. The number of hydrogen-bond acceptors (Lipinski definition) is 3. The Bertz CT molecular complexity index is 315. The van der Waals surface area contributed by atoms with E-state index in [0.29, 0.717) is 6.61 Å². The van der Waals surface area contributed by atoms with Crippen LogP contribution in [0.15, 0.2) is 30.3 Å². The van der Waals surface area contributed by atoms with Gasteiger partial charge in [0, 0.05) is 26.7 Å². The Morgan fingerprint density at radius 2 is 2.12 bits per heavy atom. The second-order valence-electron chi connectivity index (χ2n) is 4.50. The van der Waals surface area contributed by atoms with Crippen molar-refractivity contribution in [2.45, 2.75) is 19.1 Å². The van der Waals surface area contributed by atoms with E-state index in [-0.39, 0.29) is 6.10 Å². The molecule has 0 unspecified atom stereocenters. The van der Waals surface area contributed by atoms with Gasteiger partial charge in [-0.2, -0.15) is 0 Å². The minimum atomic E-state index is 0.265. The zero-order chi connectivity index (χ0) is 11.9. The van der Waals surface area contributed by atoms with Crippen LogP contribution in [0.2, 0.25) is 0 Å². The molecule has 1 saturated heterocycles. The van der Waals surface area contributed by atoms with Crippen LogP contribution in [0.1, 0.15) is 12.0 Å². The van der Waals surface area contributed by atoms with Crippen molar-refractivity contribution < 1.29 is 9.47 Å². The van der Waals surface area contributed by atoms with Crippen molar-refractivity contribution in [3.8, 4) is 0 Å². The monoisotopic (exact) mass is 235 g/mol. The predicted octanol–water partition coefficient (Wildman–Crippen LogP) is 1.92. The highest BCUT2D eigenvalue weighted by molar-refractivity contribution is 5.14. The largest absolute Gasteiger partial charge is 0.382 e. The van der Waals surface area contributed by atoms with Crippen LogP contribution < -0.4 is 0 Å². The molecule has 3 nitrogen and oxygen atoms in total. The van der Waals surface area contributed by atoms with Gasteiger partial charge in [0.05, 0.1) is 19.3 Å². The summed E-state index contributed by atoms with van der Waals surface area (Å²) in [6, 6.07) is 10.6. The van der Waals surface area contributed by atoms with Crippen LogP contribution in [0.5, 0.6) is 0 Å². The zero-order valence-electron chi connectivity index (χ0n) is 10.5. The third-order valence-electron chi connectivity index (χ3n) is 3.13. The molecule has 0 bridgehead atoms. The first-order valence-corrected chi connectivity index (χ1v) is 6.25. The molecule has 94 valence electrons. The van der Waals surface area contributed by atoms with Crippen LogP contribution in [-0.4, -0.2) is 44.4 Å². The molecule has 1 fully saturated rings. The van der Waals surface area contributed by atoms with E-state index in [1.165, 1.54) is 5.56 Å². The molecule has 0 aliphatic carbocycles. The topological polar surface area (TPSA) is 21.7 Å². The van der Waals surface area contributed by atoms with Crippen molar-refractivity contribution in [3.63, 3.8) is 0 Å². The van der Waals surface area contributed by atoms with Gasteiger partial charge in [0.15, 0.2) is 0 Å². The summed E-state index contributed by atoms with van der Waals surface area (Å²) in [5.74, 6) is 0. The lowest BCUT2D eigenvalue weighted by Crippen LogP contribution is -2.26. The van der Waals surface area contributed by atoms with Gasteiger partial charge in [-0.1, -0.05) is 30.3 Å². The molecule has 0 saturated carbocycles. The van der Waals surface area contributed by atoms with E-state index >= 15 is 0 Å². The molecule has 1 aromatic carbocycles. The van der Waals surface area contributed by atoms with Gasteiger partial charge in [-0.05, 0) is 12.0 Å². The second kappa shape index (κ2) is 6.74. The van der Waals surface area contributed by atoms with Crippen molar-refractivity contribution in [1.29, 1.82) is 0 Å². The summed E-state index contributed by atoms with van der Waals surface area (Å²) < 4.78 is 10.9. The van der Waals surface area contributed by atoms with Gasteiger partial charge < -0.3 is 9.47 Å². The highest BCUT2D eigenvalue weighted by Gasteiger charge is 2.17. The lowest BCUT2D eigenvalue weighted by atomic mass is 10.2. The average Bonchev–Trinajstić information content (AvgIpc) is 2.57. The van der Waals surface area contributed by atoms with Gasteiger partial charge in [0.2, 0.25) is 0 Å². The molecular formula is C14H21NO2. The summed E-state index contributed by atoms with van der Waals surface area (Å²) in [7, 11) is 1.73. The molecule has 1 aromatic rings. The Labute approximate surface area is 103 Å². The van der Waals surface area contributed by atoms with Gasteiger partial charge in [0.25, 0.3) is 0 Å². The quantitative estimate of drug-likeness (QED) is 0.796. The Kier molecular flexibility index (Phi) is 4.98. The van der Waals surface area contributed by atoms with Gasteiger partial charge in [-0.25, -0.2) is 0 Å². The number of rotatable bonds is 4. The molecular weight excluding hydrogens is 214 g/mol. The van der Waals surface area contributed by atoms with Crippen molar-refractivity contribution in [2.24, 2.45) is 0 Å². The van der Waals surface area contributed by atoms with E-state index < -0.39 is 0 Å². The van der Waals surface area contributed by atoms with E-state index in [1.54, 1.807) is 7.11 Å². The molecule has 0 radical (unpaired) electrons. The van der Waals surface area contributed by atoms with Crippen LogP contribution in [0.3, 0.4) is 0 Å². The van der Waals surface area contributed by atoms with Gasteiger partial charge >= 0.3 is 0 Å². The fraction of sp³-hybridized carbons (Fsp3) is 0.571. The Morgan fingerprint density at radius 3 is 2.88 bits per heavy atom. The minimum absolute atomic E-state index is 0.265. The third kappa shape index (κ3) is 4.11. The van der Waals surface area contributed by atoms with Crippen molar-refractivity contribution in [2.75, 3.05) is 33.4 Å². The van der Waals surface area contributed by atoms with Crippen LogP contribution in [-0.2, 0) is 16.0 Å². The van der Waals surface area contributed by atoms with Gasteiger partial charge in [0.1, 0.15) is 0 Å². The van der Waals surface area contributed by atoms with Crippen molar-refractivity contribution in [1.82, 2.24) is 4.90 Å². The molecule has 3 heteroatoms. The van der Waals surface area contributed by atoms with Crippen LogP contribution in [0, 0.1) is 0 Å². The Balaban J connectivity index is 1.83. The van der Waals surface area contributed by atoms with E-state index in [0.717, 1.165) is 32.7 Å². The molecule has 1 aliphatic rings. The molecule has 0 amide bonds.